The lowest BCUT2D eigenvalue weighted by atomic mass is 9.74. The molecule has 2 aromatic rings. The van der Waals surface area contributed by atoms with E-state index in [2.05, 4.69) is 10.6 Å². The van der Waals surface area contributed by atoms with Crippen molar-refractivity contribution in [2.45, 2.75) is 18.3 Å². The summed E-state index contributed by atoms with van der Waals surface area (Å²) in [7, 11) is 0. The highest BCUT2D eigenvalue weighted by molar-refractivity contribution is 6.39. The van der Waals surface area contributed by atoms with E-state index in [1.165, 1.54) is 12.1 Å². The van der Waals surface area contributed by atoms with Crippen molar-refractivity contribution in [1.82, 2.24) is 5.32 Å². The fourth-order valence-corrected chi connectivity index (χ4v) is 3.77. The molecule has 7 nitrogen and oxygen atoms in total. The van der Waals surface area contributed by atoms with Crippen molar-refractivity contribution in [3.63, 3.8) is 0 Å². The fraction of sp³-hybridized carbons (Fsp3) is 0.364. The van der Waals surface area contributed by atoms with Crippen molar-refractivity contribution >= 4 is 17.5 Å². The van der Waals surface area contributed by atoms with E-state index in [9.17, 15) is 14.0 Å². The minimum atomic E-state index is -0.770. The lowest BCUT2D eigenvalue weighted by Gasteiger charge is -2.37. The molecule has 1 saturated heterocycles. The van der Waals surface area contributed by atoms with Gasteiger partial charge in [0.15, 0.2) is 11.5 Å². The van der Waals surface area contributed by atoms with Crippen molar-refractivity contribution in [3.05, 3.63) is 53.8 Å². The van der Waals surface area contributed by atoms with Crippen LogP contribution >= 0.6 is 0 Å². The second kappa shape index (κ2) is 8.71. The Hall–Kier alpha value is -3.13. The summed E-state index contributed by atoms with van der Waals surface area (Å²) in [5, 5.41) is 5.31. The van der Waals surface area contributed by atoms with Crippen LogP contribution in [0.3, 0.4) is 0 Å². The molecule has 0 aromatic heterocycles. The maximum Gasteiger partial charge on any atom is 0.313 e. The molecule has 2 amide bonds. The molecule has 30 heavy (non-hydrogen) atoms. The lowest BCUT2D eigenvalue weighted by Crippen LogP contribution is -2.47. The molecule has 0 radical (unpaired) electrons. The maximum atomic E-state index is 13.3. The van der Waals surface area contributed by atoms with E-state index in [1.54, 1.807) is 30.3 Å². The first-order valence-electron chi connectivity index (χ1n) is 9.88. The molecule has 0 aliphatic carbocycles. The van der Waals surface area contributed by atoms with Crippen LogP contribution in [-0.4, -0.2) is 44.8 Å². The summed E-state index contributed by atoms with van der Waals surface area (Å²) in [4.78, 5) is 24.8. The van der Waals surface area contributed by atoms with Crippen LogP contribution in [0.1, 0.15) is 18.4 Å². The van der Waals surface area contributed by atoms with Crippen LogP contribution in [0.25, 0.3) is 0 Å². The zero-order chi connectivity index (χ0) is 21.0. The number of ether oxygens (including phenoxy) is 3. The average Bonchev–Trinajstić information content (AvgIpc) is 2.78. The Kier molecular flexibility index (Phi) is 5.85. The van der Waals surface area contributed by atoms with Gasteiger partial charge in [-0.25, -0.2) is 4.39 Å². The number of rotatable bonds is 4. The van der Waals surface area contributed by atoms with Gasteiger partial charge in [-0.05, 0) is 42.7 Å². The third kappa shape index (κ3) is 4.38. The summed E-state index contributed by atoms with van der Waals surface area (Å²) >= 11 is 0. The van der Waals surface area contributed by atoms with E-state index in [-0.39, 0.29) is 12.4 Å². The normalized spacial score (nSPS) is 17.1. The molecule has 4 rings (SSSR count). The number of hydrogen-bond donors (Lipinski definition) is 2. The SMILES string of the molecule is O=C(NCC1(c2ccc(F)cc2)CCOCC1)C(=O)Nc1ccc2c(c1)OCCO2. The predicted octanol–water partition coefficient (Wildman–Crippen LogP) is 2.40. The highest BCUT2D eigenvalue weighted by Gasteiger charge is 2.35. The molecule has 0 atom stereocenters. The minimum absolute atomic E-state index is 0.259. The zero-order valence-corrected chi connectivity index (χ0v) is 16.4. The highest BCUT2D eigenvalue weighted by atomic mass is 19.1. The molecule has 8 heteroatoms. The molecule has 2 aliphatic heterocycles. The van der Waals surface area contributed by atoms with Gasteiger partial charge < -0.3 is 24.8 Å². The van der Waals surface area contributed by atoms with Crippen molar-refractivity contribution in [3.8, 4) is 11.5 Å². The van der Waals surface area contributed by atoms with E-state index in [0.29, 0.717) is 56.5 Å². The van der Waals surface area contributed by atoms with E-state index < -0.39 is 17.2 Å². The third-order valence-electron chi connectivity index (χ3n) is 5.50. The summed E-state index contributed by atoms with van der Waals surface area (Å²) in [6.07, 6.45) is 1.34. The summed E-state index contributed by atoms with van der Waals surface area (Å²) < 4.78 is 29.7. The molecular formula is C22H23FN2O5. The van der Waals surface area contributed by atoms with Crippen LogP contribution in [0, 0.1) is 5.82 Å². The Bertz CT molecular complexity index is 926. The second-order valence-electron chi connectivity index (χ2n) is 7.39. The van der Waals surface area contributed by atoms with Crippen LogP contribution < -0.4 is 20.1 Å². The number of hydrogen-bond acceptors (Lipinski definition) is 5. The van der Waals surface area contributed by atoms with Crippen LogP contribution in [0.4, 0.5) is 10.1 Å². The van der Waals surface area contributed by atoms with Gasteiger partial charge in [0.05, 0.1) is 0 Å². The number of fused-ring (bicyclic) bond motifs is 1. The third-order valence-corrected chi connectivity index (χ3v) is 5.50. The van der Waals surface area contributed by atoms with Crippen LogP contribution in [0.2, 0.25) is 0 Å². The van der Waals surface area contributed by atoms with Crippen LogP contribution in [-0.2, 0) is 19.7 Å². The first kappa shape index (κ1) is 20.2. The zero-order valence-electron chi connectivity index (χ0n) is 16.4. The second-order valence-corrected chi connectivity index (χ2v) is 7.39. The number of anilines is 1. The smallest absolute Gasteiger partial charge is 0.313 e. The van der Waals surface area contributed by atoms with Gasteiger partial charge in [0.1, 0.15) is 19.0 Å². The molecule has 0 saturated carbocycles. The van der Waals surface area contributed by atoms with E-state index in [4.69, 9.17) is 14.2 Å². The number of benzene rings is 2. The molecule has 2 heterocycles. The number of amides is 2. The maximum absolute atomic E-state index is 13.3. The van der Waals surface area contributed by atoms with Gasteiger partial charge in [-0.1, -0.05) is 12.1 Å². The fourth-order valence-electron chi connectivity index (χ4n) is 3.77. The molecule has 1 fully saturated rings. The Morgan fingerprint density at radius 2 is 1.60 bits per heavy atom. The largest absolute Gasteiger partial charge is 0.486 e. The summed E-state index contributed by atoms with van der Waals surface area (Å²) in [6, 6.07) is 11.2. The first-order chi connectivity index (χ1) is 14.6. The minimum Gasteiger partial charge on any atom is -0.486 e. The molecule has 0 spiro atoms. The summed E-state index contributed by atoms with van der Waals surface area (Å²) in [6.45, 7) is 2.24. The van der Waals surface area contributed by atoms with E-state index in [1.807, 2.05) is 0 Å². The van der Waals surface area contributed by atoms with Gasteiger partial charge in [-0.2, -0.15) is 0 Å². The highest BCUT2D eigenvalue weighted by Crippen LogP contribution is 2.35. The van der Waals surface area contributed by atoms with Crippen molar-refractivity contribution in [1.29, 1.82) is 0 Å². The van der Waals surface area contributed by atoms with Gasteiger partial charge in [0, 0.05) is 36.9 Å². The monoisotopic (exact) mass is 414 g/mol. The molecule has 2 aromatic carbocycles. The van der Waals surface area contributed by atoms with E-state index in [0.717, 1.165) is 5.56 Å². The number of nitrogens with one attached hydrogen (secondary N) is 2. The van der Waals surface area contributed by atoms with Crippen molar-refractivity contribution in [2.75, 3.05) is 38.3 Å². The number of carbonyl (C=O) groups excluding carboxylic acids is 2. The van der Waals surface area contributed by atoms with Gasteiger partial charge in [0.25, 0.3) is 0 Å². The number of carbonyl (C=O) groups is 2. The van der Waals surface area contributed by atoms with Gasteiger partial charge in [-0.3, -0.25) is 9.59 Å². The van der Waals surface area contributed by atoms with Gasteiger partial charge >= 0.3 is 11.8 Å². The number of halogens is 1. The molecular weight excluding hydrogens is 391 g/mol. The lowest BCUT2D eigenvalue weighted by molar-refractivity contribution is -0.136. The quantitative estimate of drug-likeness (QED) is 0.751. The van der Waals surface area contributed by atoms with Gasteiger partial charge in [0.2, 0.25) is 0 Å². The molecule has 158 valence electrons. The Balaban J connectivity index is 1.40. The topological polar surface area (TPSA) is 85.9 Å². The molecule has 2 N–H and O–H groups in total. The predicted molar refractivity (Wildman–Crippen MR) is 107 cm³/mol. The summed E-state index contributed by atoms with van der Waals surface area (Å²) in [5.41, 5.74) is 0.956. The average molecular weight is 414 g/mol. The Labute approximate surface area is 173 Å². The standard InChI is InChI=1S/C22H23FN2O5/c23-16-3-1-15(2-4-16)22(7-9-28-10-8-22)14-24-20(26)21(27)25-17-5-6-18-19(13-17)30-12-11-29-18/h1-6,13H,7-12,14H2,(H,24,26)(H,25,27). The van der Waals surface area contributed by atoms with Gasteiger partial charge in [-0.15, -0.1) is 0 Å². The first-order valence-corrected chi connectivity index (χ1v) is 9.88. The van der Waals surface area contributed by atoms with Crippen LogP contribution in [0.5, 0.6) is 11.5 Å². The van der Waals surface area contributed by atoms with E-state index >= 15 is 0 Å². The molecule has 0 unspecified atom stereocenters. The molecule has 2 aliphatic rings. The van der Waals surface area contributed by atoms with Crippen molar-refractivity contribution in [2.24, 2.45) is 0 Å². The van der Waals surface area contributed by atoms with Crippen LogP contribution in [0.15, 0.2) is 42.5 Å². The Morgan fingerprint density at radius 1 is 0.900 bits per heavy atom. The Morgan fingerprint density at radius 3 is 2.33 bits per heavy atom. The summed E-state index contributed by atoms with van der Waals surface area (Å²) in [5.74, 6) is -0.698. The molecule has 0 bridgehead atoms. The van der Waals surface area contributed by atoms with Crippen molar-refractivity contribution < 1.29 is 28.2 Å².